The Morgan fingerprint density at radius 1 is 0.879 bits per heavy atom. The van der Waals surface area contributed by atoms with Crippen molar-refractivity contribution < 1.29 is 43.0 Å². The number of nitrogens with zero attached hydrogens (tertiary/aromatic N) is 2. The molecule has 1 aromatic rings. The fourth-order valence-corrected chi connectivity index (χ4v) is 6.59. The summed E-state index contributed by atoms with van der Waals surface area (Å²) in [5, 5.41) is 8.15. The third kappa shape index (κ3) is 14.7. The third-order valence-electron chi connectivity index (χ3n) is 10.7. The molecule has 5 amide bonds. The lowest BCUT2D eigenvalue weighted by Gasteiger charge is -2.33. The van der Waals surface area contributed by atoms with E-state index in [9.17, 15) is 33.6 Å². The third-order valence-corrected chi connectivity index (χ3v) is 10.7. The number of amides is 5. The molecule has 14 nitrogen and oxygen atoms in total. The van der Waals surface area contributed by atoms with Gasteiger partial charge >= 0.3 is 11.9 Å². The Bertz CT molecular complexity index is 1660. The number of likely N-dealkylation sites (N-methyl/N-ethyl adjacent to an activating group) is 2. The molecule has 0 bridgehead atoms. The van der Waals surface area contributed by atoms with E-state index in [-0.39, 0.29) is 30.6 Å². The molecule has 1 aliphatic heterocycles. The molecular weight excluding hydrogens is 743 g/mol. The molecule has 0 spiro atoms. The summed E-state index contributed by atoms with van der Waals surface area (Å²) in [5.74, 6) is -4.87. The smallest absolute Gasteiger partial charge is 0.334 e. The van der Waals surface area contributed by atoms with Crippen LogP contribution >= 0.6 is 0 Å². The molecule has 0 radical (unpaired) electrons. The molecule has 8 atom stereocenters. The highest BCUT2D eigenvalue weighted by Crippen LogP contribution is 2.23. The van der Waals surface area contributed by atoms with Crippen molar-refractivity contribution >= 4 is 41.5 Å². The van der Waals surface area contributed by atoms with Crippen molar-refractivity contribution in [2.45, 2.75) is 138 Å². The number of cyclic esters (lactones) is 2. The molecule has 1 aromatic carbocycles. The van der Waals surface area contributed by atoms with Gasteiger partial charge in [-0.05, 0) is 82.8 Å². The lowest BCUT2D eigenvalue weighted by Crippen LogP contribution is -2.57. The maximum absolute atomic E-state index is 14.1. The minimum atomic E-state index is -1.19. The standard InChI is InChI=1S/C44H67N5O9/c1-13-27(5)37-40(52)46-32(10)44(56)58-38(28(6)14-2)29(7)19-18-20-30(8)43(55)57-35(23-26(3)4)39(51)45-31(9)41(53)49(12)34(24-33-21-16-15-17-22-33)42(54)48(11)25-36(50)47-37/h14-17,20-22,26-27,29,31-32,34-35,37-38H,13,18-19,23-25H2,1-12H3,(H,45,51)(H,46,52)(H,47,50)/b28-14+,30-20+/t27?,29-,31-,32+,34+,35+,37?,38+/m0/s1. The number of hydrogen-bond donors (Lipinski definition) is 3. The number of carbonyl (C=O) groups is 7. The van der Waals surface area contributed by atoms with E-state index in [1.165, 1.54) is 37.7 Å². The Hall–Kier alpha value is -5.01. The van der Waals surface area contributed by atoms with Crippen molar-refractivity contribution in [2.75, 3.05) is 20.6 Å². The SMILES string of the molecule is C/C=C(\C)[C@H]1OC(=O)[C@@H](C)NC(=O)C(C(C)CC)NC(=O)CN(C)C(=O)[C@@H](Cc2ccccc2)N(C)C(=O)[C@H](C)NC(=O)[C@@H](CC(C)C)OC(=O)/C(C)=C/CC[C@@H]1C. The molecule has 2 rings (SSSR count). The van der Waals surface area contributed by atoms with Crippen LogP contribution < -0.4 is 16.0 Å². The summed E-state index contributed by atoms with van der Waals surface area (Å²) in [6.45, 7) is 17.2. The van der Waals surface area contributed by atoms with Crippen LogP contribution in [0.2, 0.25) is 0 Å². The van der Waals surface area contributed by atoms with Crippen LogP contribution in [-0.4, -0.2) is 108 Å². The molecule has 0 saturated heterocycles. The molecule has 2 unspecified atom stereocenters. The molecule has 322 valence electrons. The largest absolute Gasteiger partial charge is 0.456 e. The zero-order chi connectivity index (χ0) is 43.9. The van der Waals surface area contributed by atoms with E-state index in [0.717, 1.165) is 11.1 Å². The van der Waals surface area contributed by atoms with Gasteiger partial charge in [0.05, 0.1) is 6.54 Å². The van der Waals surface area contributed by atoms with Gasteiger partial charge in [0.25, 0.3) is 5.91 Å². The average molecular weight is 810 g/mol. The van der Waals surface area contributed by atoms with Crippen molar-refractivity contribution in [2.24, 2.45) is 17.8 Å². The summed E-state index contributed by atoms with van der Waals surface area (Å²) in [6.07, 6.45) is 3.55. The highest BCUT2D eigenvalue weighted by molar-refractivity contribution is 5.96. The van der Waals surface area contributed by atoms with Gasteiger partial charge in [0, 0.05) is 26.1 Å². The first kappa shape index (κ1) is 49.1. The van der Waals surface area contributed by atoms with Crippen molar-refractivity contribution in [3.05, 3.63) is 59.2 Å². The highest BCUT2D eigenvalue weighted by Gasteiger charge is 2.36. The van der Waals surface area contributed by atoms with Crippen molar-refractivity contribution in [3.63, 3.8) is 0 Å². The first-order valence-corrected chi connectivity index (χ1v) is 20.4. The number of ether oxygens (including phenoxy) is 2. The summed E-state index contributed by atoms with van der Waals surface area (Å²) >= 11 is 0. The summed E-state index contributed by atoms with van der Waals surface area (Å²) in [5.41, 5.74) is 1.86. The van der Waals surface area contributed by atoms with Gasteiger partial charge in [-0.3, -0.25) is 24.0 Å². The van der Waals surface area contributed by atoms with E-state index >= 15 is 0 Å². The monoisotopic (exact) mass is 809 g/mol. The predicted octanol–water partition coefficient (Wildman–Crippen LogP) is 4.27. The second kappa shape index (κ2) is 23.4. The zero-order valence-corrected chi connectivity index (χ0v) is 36.5. The summed E-state index contributed by atoms with van der Waals surface area (Å²) in [7, 11) is 2.89. The molecule has 1 heterocycles. The number of rotatable bonds is 7. The summed E-state index contributed by atoms with van der Waals surface area (Å²) in [4.78, 5) is 97.9. The van der Waals surface area contributed by atoms with Gasteiger partial charge in [0.15, 0.2) is 6.10 Å². The van der Waals surface area contributed by atoms with Crippen LogP contribution in [0.3, 0.4) is 0 Å². The van der Waals surface area contributed by atoms with Crippen LogP contribution in [0.4, 0.5) is 0 Å². The number of esters is 2. The number of hydrogen-bond acceptors (Lipinski definition) is 9. The molecule has 0 aliphatic carbocycles. The van der Waals surface area contributed by atoms with Crippen molar-refractivity contribution in [1.82, 2.24) is 25.8 Å². The second-order valence-electron chi connectivity index (χ2n) is 16.1. The lowest BCUT2D eigenvalue weighted by molar-refractivity contribution is -0.154. The average Bonchev–Trinajstić information content (AvgIpc) is 3.18. The van der Waals surface area contributed by atoms with E-state index in [0.29, 0.717) is 24.8 Å². The van der Waals surface area contributed by atoms with E-state index in [2.05, 4.69) is 16.0 Å². The molecule has 0 saturated carbocycles. The maximum Gasteiger partial charge on any atom is 0.334 e. The van der Waals surface area contributed by atoms with Crippen LogP contribution in [-0.2, 0) is 49.5 Å². The Morgan fingerprint density at radius 3 is 2.09 bits per heavy atom. The zero-order valence-electron chi connectivity index (χ0n) is 36.5. The van der Waals surface area contributed by atoms with Crippen LogP contribution in [0.15, 0.2) is 53.6 Å². The summed E-state index contributed by atoms with van der Waals surface area (Å²) < 4.78 is 11.7. The number of carbonyl (C=O) groups excluding carboxylic acids is 7. The van der Waals surface area contributed by atoms with Gasteiger partial charge in [-0.15, -0.1) is 0 Å². The first-order chi connectivity index (χ1) is 27.2. The van der Waals surface area contributed by atoms with Gasteiger partial charge in [-0.2, -0.15) is 0 Å². The molecular formula is C44H67N5O9. The minimum absolute atomic E-state index is 0.0330. The van der Waals surface area contributed by atoms with Gasteiger partial charge in [-0.25, -0.2) is 9.59 Å². The molecule has 1 aliphatic rings. The fraction of sp³-hybridized carbons (Fsp3) is 0.614. The predicted molar refractivity (Wildman–Crippen MR) is 222 cm³/mol. The summed E-state index contributed by atoms with van der Waals surface area (Å²) in [6, 6.07) is 4.79. The number of nitrogens with one attached hydrogen (secondary N) is 3. The molecule has 3 N–H and O–H groups in total. The van der Waals surface area contributed by atoms with Gasteiger partial charge in [-0.1, -0.05) is 83.5 Å². The Balaban J connectivity index is 2.58. The fourth-order valence-electron chi connectivity index (χ4n) is 6.59. The Morgan fingerprint density at radius 2 is 1.50 bits per heavy atom. The molecule has 58 heavy (non-hydrogen) atoms. The van der Waals surface area contributed by atoms with Crippen LogP contribution in [0.25, 0.3) is 0 Å². The molecule has 0 aromatic heterocycles. The van der Waals surface area contributed by atoms with Gasteiger partial charge in [0.1, 0.15) is 30.3 Å². The van der Waals surface area contributed by atoms with Gasteiger partial charge in [0.2, 0.25) is 23.6 Å². The minimum Gasteiger partial charge on any atom is -0.456 e. The molecule has 0 fully saturated rings. The highest BCUT2D eigenvalue weighted by atomic mass is 16.6. The Labute approximate surface area is 344 Å². The second-order valence-corrected chi connectivity index (χ2v) is 16.1. The number of allylic oxidation sites excluding steroid dienone is 2. The van der Waals surface area contributed by atoms with Crippen LogP contribution in [0, 0.1) is 17.8 Å². The quantitative estimate of drug-likeness (QED) is 0.268. The van der Waals surface area contributed by atoms with Crippen LogP contribution in [0.1, 0.15) is 100 Å². The molecule has 14 heteroatoms. The normalized spacial score (nSPS) is 27.8. The maximum atomic E-state index is 14.1. The lowest BCUT2D eigenvalue weighted by atomic mass is 9.93. The van der Waals surface area contributed by atoms with E-state index in [1.807, 2.05) is 65.8 Å². The van der Waals surface area contributed by atoms with Crippen molar-refractivity contribution in [3.8, 4) is 0 Å². The van der Waals surface area contributed by atoms with E-state index in [4.69, 9.17) is 9.47 Å². The topological polar surface area (TPSA) is 181 Å². The Kier molecular flexibility index (Phi) is 19.8. The van der Waals surface area contributed by atoms with Crippen LogP contribution in [0.5, 0.6) is 0 Å². The first-order valence-electron chi connectivity index (χ1n) is 20.4. The number of benzene rings is 1. The van der Waals surface area contributed by atoms with E-state index in [1.54, 1.807) is 32.1 Å². The van der Waals surface area contributed by atoms with E-state index < -0.39 is 84.4 Å². The van der Waals surface area contributed by atoms with Crippen molar-refractivity contribution in [1.29, 1.82) is 0 Å². The van der Waals surface area contributed by atoms with Gasteiger partial charge < -0.3 is 35.2 Å².